The van der Waals surface area contributed by atoms with Crippen LogP contribution >= 0.6 is 0 Å². The average molecular weight is 233 g/mol. The van der Waals surface area contributed by atoms with Gasteiger partial charge in [-0.2, -0.15) is 0 Å². The molecule has 2 N–H and O–H groups in total. The maximum Gasteiger partial charge on any atom is 0.115 e. The third-order valence-corrected chi connectivity index (χ3v) is 3.76. The fraction of sp³-hybridized carbons (Fsp3) is 0.600. The van der Waals surface area contributed by atoms with E-state index < -0.39 is 0 Å². The zero-order chi connectivity index (χ0) is 12.1. The molecule has 1 saturated carbocycles. The predicted molar refractivity (Wildman–Crippen MR) is 71.0 cm³/mol. The van der Waals surface area contributed by atoms with E-state index >= 15 is 0 Å². The number of aromatic hydroxyl groups is 1. The van der Waals surface area contributed by atoms with Crippen LogP contribution in [0.15, 0.2) is 24.3 Å². The van der Waals surface area contributed by atoms with Crippen molar-refractivity contribution in [2.45, 2.75) is 51.6 Å². The number of rotatable bonds is 3. The van der Waals surface area contributed by atoms with Gasteiger partial charge in [0.05, 0.1) is 0 Å². The van der Waals surface area contributed by atoms with E-state index in [4.69, 9.17) is 0 Å². The van der Waals surface area contributed by atoms with Crippen LogP contribution in [0.1, 0.15) is 44.6 Å². The Morgan fingerprint density at radius 1 is 1.24 bits per heavy atom. The van der Waals surface area contributed by atoms with Gasteiger partial charge in [-0.25, -0.2) is 0 Å². The van der Waals surface area contributed by atoms with Crippen LogP contribution in [0, 0.1) is 5.92 Å². The molecule has 2 rings (SSSR count). The van der Waals surface area contributed by atoms with E-state index in [1.807, 2.05) is 12.1 Å². The Labute approximate surface area is 104 Å². The van der Waals surface area contributed by atoms with Crippen molar-refractivity contribution in [2.75, 3.05) is 0 Å². The van der Waals surface area contributed by atoms with Crippen molar-refractivity contribution in [3.05, 3.63) is 29.8 Å². The first-order valence-corrected chi connectivity index (χ1v) is 6.75. The predicted octanol–water partition coefficient (Wildman–Crippen LogP) is 3.45. The standard InChI is InChI=1S/C15H23NO/c1-12-4-2-6-14(9-8-12)16-11-13-5-3-7-15(17)10-13/h3,5,7,10,12,14,16-17H,2,4,6,8-9,11H2,1H3. The second-order valence-corrected chi connectivity index (χ2v) is 5.36. The highest BCUT2D eigenvalue weighted by Crippen LogP contribution is 2.23. The molecule has 1 fully saturated rings. The first-order valence-electron chi connectivity index (χ1n) is 6.75. The number of benzene rings is 1. The second kappa shape index (κ2) is 6.06. The molecule has 0 amide bonds. The SMILES string of the molecule is CC1CCCC(NCc2cccc(O)c2)CC1. The van der Waals surface area contributed by atoms with Crippen molar-refractivity contribution < 1.29 is 5.11 Å². The van der Waals surface area contributed by atoms with Gasteiger partial charge in [0.2, 0.25) is 0 Å². The highest BCUT2D eigenvalue weighted by atomic mass is 16.3. The zero-order valence-electron chi connectivity index (χ0n) is 10.7. The van der Waals surface area contributed by atoms with Gasteiger partial charge in [-0.3, -0.25) is 0 Å². The maximum absolute atomic E-state index is 9.40. The molecule has 2 atom stereocenters. The molecule has 1 aliphatic rings. The Kier molecular flexibility index (Phi) is 4.43. The number of hydrogen-bond acceptors (Lipinski definition) is 2. The van der Waals surface area contributed by atoms with Crippen molar-refractivity contribution in [3.63, 3.8) is 0 Å². The lowest BCUT2D eigenvalue weighted by Crippen LogP contribution is -2.27. The summed E-state index contributed by atoms with van der Waals surface area (Å²) in [6.07, 6.45) is 6.66. The van der Waals surface area contributed by atoms with Crippen LogP contribution in [-0.2, 0) is 6.54 Å². The molecule has 0 radical (unpaired) electrons. The summed E-state index contributed by atoms with van der Waals surface area (Å²) >= 11 is 0. The minimum absolute atomic E-state index is 0.360. The largest absolute Gasteiger partial charge is 0.508 e. The second-order valence-electron chi connectivity index (χ2n) is 5.36. The molecule has 1 aromatic carbocycles. The van der Waals surface area contributed by atoms with E-state index in [0.29, 0.717) is 11.8 Å². The summed E-state index contributed by atoms with van der Waals surface area (Å²) in [5.41, 5.74) is 1.17. The third-order valence-electron chi connectivity index (χ3n) is 3.76. The minimum Gasteiger partial charge on any atom is -0.508 e. The molecule has 1 aromatic rings. The molecule has 0 saturated heterocycles. The van der Waals surface area contributed by atoms with Gasteiger partial charge in [0.1, 0.15) is 5.75 Å². The number of nitrogens with one attached hydrogen (secondary N) is 1. The van der Waals surface area contributed by atoms with E-state index in [2.05, 4.69) is 18.3 Å². The van der Waals surface area contributed by atoms with Crippen LogP contribution in [0.3, 0.4) is 0 Å². The fourth-order valence-electron chi connectivity index (χ4n) is 2.62. The normalized spacial score (nSPS) is 25.5. The van der Waals surface area contributed by atoms with Crippen molar-refractivity contribution in [1.29, 1.82) is 0 Å². The van der Waals surface area contributed by atoms with E-state index in [9.17, 15) is 5.11 Å². The van der Waals surface area contributed by atoms with E-state index in [-0.39, 0.29) is 0 Å². The van der Waals surface area contributed by atoms with E-state index in [0.717, 1.165) is 12.5 Å². The Hall–Kier alpha value is -1.02. The first kappa shape index (κ1) is 12.4. The van der Waals surface area contributed by atoms with Gasteiger partial charge in [0.15, 0.2) is 0 Å². The molecule has 2 unspecified atom stereocenters. The average Bonchev–Trinajstić information content (AvgIpc) is 2.52. The summed E-state index contributed by atoms with van der Waals surface area (Å²) < 4.78 is 0. The molecular formula is C15H23NO. The highest BCUT2D eigenvalue weighted by Gasteiger charge is 2.15. The summed E-state index contributed by atoms with van der Waals surface area (Å²) in [6, 6.07) is 8.18. The lowest BCUT2D eigenvalue weighted by Gasteiger charge is -2.16. The van der Waals surface area contributed by atoms with Gasteiger partial charge in [0.25, 0.3) is 0 Å². The molecule has 0 bridgehead atoms. The van der Waals surface area contributed by atoms with Crippen LogP contribution in [0.2, 0.25) is 0 Å². The number of phenolic OH excluding ortho intramolecular Hbond substituents is 1. The van der Waals surface area contributed by atoms with Crippen LogP contribution in [0.5, 0.6) is 5.75 Å². The maximum atomic E-state index is 9.40. The van der Waals surface area contributed by atoms with Crippen LogP contribution in [0.25, 0.3) is 0 Å². The summed E-state index contributed by atoms with van der Waals surface area (Å²) in [7, 11) is 0. The summed E-state index contributed by atoms with van der Waals surface area (Å²) in [6.45, 7) is 3.23. The van der Waals surface area contributed by atoms with Crippen LogP contribution in [-0.4, -0.2) is 11.1 Å². The summed E-state index contributed by atoms with van der Waals surface area (Å²) in [5, 5.41) is 13.0. The topological polar surface area (TPSA) is 32.3 Å². The molecule has 94 valence electrons. The molecular weight excluding hydrogens is 210 g/mol. The van der Waals surface area contributed by atoms with Gasteiger partial charge in [0, 0.05) is 12.6 Å². The van der Waals surface area contributed by atoms with Gasteiger partial charge in [-0.05, 0) is 42.9 Å². The monoisotopic (exact) mass is 233 g/mol. The first-order chi connectivity index (χ1) is 8.24. The number of phenols is 1. The summed E-state index contributed by atoms with van der Waals surface area (Å²) in [4.78, 5) is 0. The molecule has 2 nitrogen and oxygen atoms in total. The highest BCUT2D eigenvalue weighted by molar-refractivity contribution is 5.26. The zero-order valence-corrected chi connectivity index (χ0v) is 10.7. The van der Waals surface area contributed by atoms with E-state index in [1.54, 1.807) is 6.07 Å². The van der Waals surface area contributed by atoms with Crippen molar-refractivity contribution in [1.82, 2.24) is 5.32 Å². The Morgan fingerprint density at radius 3 is 2.94 bits per heavy atom. The Bertz CT molecular complexity index is 351. The molecule has 1 aliphatic carbocycles. The van der Waals surface area contributed by atoms with Gasteiger partial charge < -0.3 is 10.4 Å². The van der Waals surface area contributed by atoms with Gasteiger partial charge in [-0.1, -0.05) is 31.9 Å². The Balaban J connectivity index is 1.81. The molecule has 17 heavy (non-hydrogen) atoms. The van der Waals surface area contributed by atoms with Crippen LogP contribution in [0.4, 0.5) is 0 Å². The smallest absolute Gasteiger partial charge is 0.115 e. The minimum atomic E-state index is 0.360. The molecule has 0 aliphatic heterocycles. The van der Waals surface area contributed by atoms with Crippen LogP contribution < -0.4 is 5.32 Å². The van der Waals surface area contributed by atoms with Gasteiger partial charge in [-0.15, -0.1) is 0 Å². The molecule has 0 heterocycles. The number of hydrogen-bond donors (Lipinski definition) is 2. The quantitative estimate of drug-likeness (QED) is 0.784. The Morgan fingerprint density at radius 2 is 2.12 bits per heavy atom. The molecule has 0 aromatic heterocycles. The van der Waals surface area contributed by atoms with Crippen molar-refractivity contribution in [2.24, 2.45) is 5.92 Å². The fourth-order valence-corrected chi connectivity index (χ4v) is 2.62. The van der Waals surface area contributed by atoms with Gasteiger partial charge >= 0.3 is 0 Å². The van der Waals surface area contributed by atoms with Crippen molar-refractivity contribution >= 4 is 0 Å². The molecule has 0 spiro atoms. The third kappa shape index (κ3) is 4.04. The lowest BCUT2D eigenvalue weighted by molar-refractivity contribution is 0.445. The van der Waals surface area contributed by atoms with E-state index in [1.165, 1.54) is 37.7 Å². The lowest BCUT2D eigenvalue weighted by atomic mass is 10.0. The van der Waals surface area contributed by atoms with Crippen molar-refractivity contribution in [3.8, 4) is 5.75 Å². The summed E-state index contributed by atoms with van der Waals surface area (Å²) in [5.74, 6) is 1.25. The molecule has 2 heteroatoms.